The maximum atomic E-state index is 12.0. The van der Waals surface area contributed by atoms with Crippen molar-refractivity contribution in [1.29, 1.82) is 0 Å². The molecule has 0 spiro atoms. The highest BCUT2D eigenvalue weighted by atomic mass is 16.5. The van der Waals surface area contributed by atoms with Gasteiger partial charge in [0.1, 0.15) is 5.76 Å². The number of ether oxygens (including phenoxy) is 1. The summed E-state index contributed by atoms with van der Waals surface area (Å²) in [5.41, 5.74) is 1.19. The summed E-state index contributed by atoms with van der Waals surface area (Å²) in [4.78, 5) is 34.6. The molecule has 7 heteroatoms. The van der Waals surface area contributed by atoms with Crippen molar-refractivity contribution in [2.45, 2.75) is 26.4 Å². The first-order valence-electron chi connectivity index (χ1n) is 7.79. The molecule has 0 bridgehead atoms. The van der Waals surface area contributed by atoms with E-state index < -0.39 is 11.9 Å². The Kier molecular flexibility index (Phi) is 6.33. The Bertz CT molecular complexity index is 722. The van der Waals surface area contributed by atoms with E-state index in [1.54, 1.807) is 43.3 Å². The number of hydrogen-bond acceptors (Lipinski definition) is 5. The molecule has 0 aliphatic rings. The molecule has 2 rings (SSSR count). The molecule has 1 aromatic carbocycles. The summed E-state index contributed by atoms with van der Waals surface area (Å²) in [7, 11) is 0. The summed E-state index contributed by atoms with van der Waals surface area (Å²) in [6, 6.07) is 9.77. The SMILES string of the molecule is CC(=O)NCc1ccc(C(=O)OCC(=O)NC(C)c2ccco2)cc1. The Labute approximate surface area is 145 Å². The van der Waals surface area contributed by atoms with Crippen molar-refractivity contribution in [3.8, 4) is 0 Å². The number of benzene rings is 1. The van der Waals surface area contributed by atoms with E-state index in [-0.39, 0.29) is 18.6 Å². The van der Waals surface area contributed by atoms with Crippen molar-refractivity contribution < 1.29 is 23.5 Å². The van der Waals surface area contributed by atoms with Gasteiger partial charge in [0.05, 0.1) is 17.9 Å². The Morgan fingerprint density at radius 2 is 1.88 bits per heavy atom. The number of rotatable bonds is 7. The van der Waals surface area contributed by atoms with E-state index >= 15 is 0 Å². The zero-order chi connectivity index (χ0) is 18.2. The standard InChI is InChI=1S/C18H20N2O5/c1-12(16-4-3-9-24-16)20-17(22)11-25-18(23)15-7-5-14(6-8-15)10-19-13(2)21/h3-9,12H,10-11H2,1-2H3,(H,19,21)(H,20,22). The molecule has 1 aromatic heterocycles. The Morgan fingerprint density at radius 1 is 1.16 bits per heavy atom. The molecule has 0 radical (unpaired) electrons. The van der Waals surface area contributed by atoms with Crippen LogP contribution in [0.25, 0.3) is 0 Å². The van der Waals surface area contributed by atoms with Crippen LogP contribution in [0.3, 0.4) is 0 Å². The third kappa shape index (κ3) is 5.80. The Morgan fingerprint density at radius 3 is 2.48 bits per heavy atom. The molecule has 25 heavy (non-hydrogen) atoms. The van der Waals surface area contributed by atoms with Gasteiger partial charge in [-0.15, -0.1) is 0 Å². The first-order chi connectivity index (χ1) is 12.0. The summed E-state index contributed by atoms with van der Waals surface area (Å²) in [6.07, 6.45) is 1.52. The van der Waals surface area contributed by atoms with Gasteiger partial charge in [0.15, 0.2) is 6.61 Å². The Balaban J connectivity index is 1.79. The second kappa shape index (κ2) is 8.68. The highest BCUT2D eigenvalue weighted by molar-refractivity contribution is 5.91. The highest BCUT2D eigenvalue weighted by Gasteiger charge is 2.14. The molecule has 0 saturated carbocycles. The second-order valence-electron chi connectivity index (χ2n) is 5.49. The van der Waals surface area contributed by atoms with Crippen LogP contribution in [-0.2, 0) is 20.9 Å². The number of carbonyl (C=O) groups excluding carboxylic acids is 3. The van der Waals surface area contributed by atoms with Gasteiger partial charge in [-0.25, -0.2) is 4.79 Å². The summed E-state index contributed by atoms with van der Waals surface area (Å²) < 4.78 is 10.2. The van der Waals surface area contributed by atoms with Crippen LogP contribution in [0.4, 0.5) is 0 Å². The predicted octanol–water partition coefficient (Wildman–Crippen LogP) is 1.95. The molecular weight excluding hydrogens is 324 g/mol. The minimum Gasteiger partial charge on any atom is -0.467 e. The van der Waals surface area contributed by atoms with Crippen molar-refractivity contribution in [2.24, 2.45) is 0 Å². The highest BCUT2D eigenvalue weighted by Crippen LogP contribution is 2.12. The van der Waals surface area contributed by atoms with E-state index in [1.807, 2.05) is 0 Å². The fraction of sp³-hybridized carbons (Fsp3) is 0.278. The first-order valence-corrected chi connectivity index (χ1v) is 7.79. The molecule has 7 nitrogen and oxygen atoms in total. The van der Waals surface area contributed by atoms with Crippen LogP contribution >= 0.6 is 0 Å². The number of esters is 1. The smallest absolute Gasteiger partial charge is 0.338 e. The van der Waals surface area contributed by atoms with Crippen molar-refractivity contribution in [3.05, 3.63) is 59.5 Å². The average Bonchev–Trinajstić information content (AvgIpc) is 3.13. The van der Waals surface area contributed by atoms with Crippen LogP contribution in [-0.4, -0.2) is 24.4 Å². The van der Waals surface area contributed by atoms with Gasteiger partial charge in [-0.05, 0) is 36.8 Å². The van der Waals surface area contributed by atoms with Gasteiger partial charge in [0, 0.05) is 13.5 Å². The molecule has 2 N–H and O–H groups in total. The van der Waals surface area contributed by atoms with Crippen LogP contribution in [0, 0.1) is 0 Å². The number of furan rings is 1. The van der Waals surface area contributed by atoms with Gasteiger partial charge in [0.2, 0.25) is 5.91 Å². The first kappa shape index (κ1) is 18.3. The monoisotopic (exact) mass is 344 g/mol. The number of hydrogen-bond donors (Lipinski definition) is 2. The van der Waals surface area contributed by atoms with E-state index in [2.05, 4.69) is 10.6 Å². The van der Waals surface area contributed by atoms with Crippen LogP contribution in [0.5, 0.6) is 0 Å². The van der Waals surface area contributed by atoms with E-state index in [1.165, 1.54) is 13.2 Å². The van der Waals surface area contributed by atoms with Crippen molar-refractivity contribution in [2.75, 3.05) is 6.61 Å². The third-order valence-electron chi connectivity index (χ3n) is 3.41. The lowest BCUT2D eigenvalue weighted by Gasteiger charge is -2.11. The molecule has 1 unspecified atom stereocenters. The normalized spacial score (nSPS) is 11.4. The van der Waals surface area contributed by atoms with E-state index in [0.29, 0.717) is 17.9 Å². The Hall–Kier alpha value is -3.09. The molecule has 1 heterocycles. The molecule has 2 amide bonds. The summed E-state index contributed by atoms with van der Waals surface area (Å²) in [5, 5.41) is 5.34. The second-order valence-corrected chi connectivity index (χ2v) is 5.49. The fourth-order valence-electron chi connectivity index (χ4n) is 2.09. The molecule has 2 aromatic rings. The van der Waals surface area contributed by atoms with Gasteiger partial charge in [-0.3, -0.25) is 9.59 Å². The fourth-order valence-corrected chi connectivity index (χ4v) is 2.09. The van der Waals surface area contributed by atoms with Crippen LogP contribution in [0.15, 0.2) is 47.1 Å². The molecule has 132 valence electrons. The molecule has 0 saturated heterocycles. The number of carbonyl (C=O) groups is 3. The van der Waals surface area contributed by atoms with E-state index in [0.717, 1.165) is 5.56 Å². The number of nitrogens with one attached hydrogen (secondary N) is 2. The maximum absolute atomic E-state index is 12.0. The summed E-state index contributed by atoms with van der Waals surface area (Å²) in [6.45, 7) is 3.21. The lowest BCUT2D eigenvalue weighted by atomic mass is 10.1. The van der Waals surface area contributed by atoms with Gasteiger partial charge in [0.25, 0.3) is 5.91 Å². The maximum Gasteiger partial charge on any atom is 0.338 e. The van der Waals surface area contributed by atoms with Crippen molar-refractivity contribution in [1.82, 2.24) is 10.6 Å². The molecule has 1 atom stereocenters. The number of amides is 2. The van der Waals surface area contributed by atoms with Crippen molar-refractivity contribution >= 4 is 17.8 Å². The van der Waals surface area contributed by atoms with Crippen LogP contribution < -0.4 is 10.6 Å². The van der Waals surface area contributed by atoms with Gasteiger partial charge < -0.3 is 19.8 Å². The predicted molar refractivity (Wildman–Crippen MR) is 89.5 cm³/mol. The molecular formula is C18H20N2O5. The van der Waals surface area contributed by atoms with Gasteiger partial charge >= 0.3 is 5.97 Å². The van der Waals surface area contributed by atoms with E-state index in [4.69, 9.17) is 9.15 Å². The lowest BCUT2D eigenvalue weighted by Crippen LogP contribution is -2.31. The van der Waals surface area contributed by atoms with Crippen LogP contribution in [0.1, 0.15) is 41.6 Å². The average molecular weight is 344 g/mol. The topological polar surface area (TPSA) is 97.6 Å². The van der Waals surface area contributed by atoms with Gasteiger partial charge in [-0.1, -0.05) is 12.1 Å². The van der Waals surface area contributed by atoms with Crippen molar-refractivity contribution in [3.63, 3.8) is 0 Å². The molecule has 0 fully saturated rings. The van der Waals surface area contributed by atoms with E-state index in [9.17, 15) is 14.4 Å². The largest absolute Gasteiger partial charge is 0.467 e. The molecule has 0 aliphatic heterocycles. The minimum atomic E-state index is -0.591. The lowest BCUT2D eigenvalue weighted by molar-refractivity contribution is -0.125. The third-order valence-corrected chi connectivity index (χ3v) is 3.41. The van der Waals surface area contributed by atoms with Gasteiger partial charge in [-0.2, -0.15) is 0 Å². The van der Waals surface area contributed by atoms with Crippen LogP contribution in [0.2, 0.25) is 0 Å². The summed E-state index contributed by atoms with van der Waals surface area (Å²) in [5.74, 6) is -0.515. The minimum absolute atomic E-state index is 0.127. The quantitative estimate of drug-likeness (QED) is 0.748. The zero-order valence-electron chi connectivity index (χ0n) is 14.1. The summed E-state index contributed by atoms with van der Waals surface area (Å²) >= 11 is 0. The zero-order valence-corrected chi connectivity index (χ0v) is 14.1. The molecule has 0 aliphatic carbocycles.